The first-order chi connectivity index (χ1) is 16.1. The normalized spacial score (nSPS) is 15.9. The molecule has 0 radical (unpaired) electrons. The number of likely N-dealkylation sites (N-methyl/N-ethyl adjacent to an activating group) is 1. The van der Waals surface area contributed by atoms with Crippen molar-refractivity contribution in [2.24, 2.45) is 0 Å². The highest BCUT2D eigenvalue weighted by Gasteiger charge is 2.31. The Morgan fingerprint density at radius 3 is 1.56 bits per heavy atom. The highest BCUT2D eigenvalue weighted by molar-refractivity contribution is 7.47. The summed E-state index contributed by atoms with van der Waals surface area (Å²) in [7, 11) is 1.61. The molecule has 0 amide bonds. The van der Waals surface area contributed by atoms with Crippen LogP contribution in [0.15, 0.2) is 0 Å². The van der Waals surface area contributed by atoms with Gasteiger partial charge in [-0.3, -0.25) is 9.05 Å². The molecule has 0 aromatic carbocycles. The molecule has 0 aliphatic heterocycles. The molecular weight excluding hydrogens is 453 g/mol. The Morgan fingerprint density at radius 2 is 1.18 bits per heavy atom. The molecule has 0 fully saturated rings. The lowest BCUT2D eigenvalue weighted by Gasteiger charge is -2.26. The van der Waals surface area contributed by atoms with Gasteiger partial charge in [-0.2, -0.15) is 0 Å². The van der Waals surface area contributed by atoms with E-state index in [1.165, 1.54) is 83.5 Å². The van der Waals surface area contributed by atoms with E-state index in [4.69, 9.17) is 9.05 Å². The Kier molecular flexibility index (Phi) is 21.1. The molecule has 0 bridgehead atoms. The zero-order valence-corrected chi connectivity index (χ0v) is 23.7. The summed E-state index contributed by atoms with van der Waals surface area (Å²) in [5, 5.41) is 19.3. The first kappa shape index (κ1) is 34.0. The van der Waals surface area contributed by atoms with Crippen molar-refractivity contribution in [3.63, 3.8) is 0 Å². The minimum atomic E-state index is -4.27. The minimum absolute atomic E-state index is 0.0816. The van der Waals surface area contributed by atoms with Crippen LogP contribution in [0, 0.1) is 0 Å². The van der Waals surface area contributed by atoms with Crippen LogP contribution in [-0.2, 0) is 13.6 Å². The monoisotopic (exact) mass is 510 g/mol. The molecular formula is C26H57NO6P+. The molecule has 0 aromatic heterocycles. The molecule has 206 valence electrons. The number of quaternary nitrogens is 1. The first-order valence-electron chi connectivity index (χ1n) is 13.9. The van der Waals surface area contributed by atoms with Gasteiger partial charge in [0.05, 0.1) is 33.9 Å². The van der Waals surface area contributed by atoms with Crippen LogP contribution in [0.5, 0.6) is 0 Å². The van der Waals surface area contributed by atoms with Gasteiger partial charge in [0.15, 0.2) is 0 Å². The third-order valence-corrected chi connectivity index (χ3v) is 7.29. The second-order valence-corrected chi connectivity index (χ2v) is 12.2. The van der Waals surface area contributed by atoms with Gasteiger partial charge in [0, 0.05) is 0 Å². The largest absolute Gasteiger partial charge is 0.472 e. The number of aliphatic hydroxyl groups is 2. The molecule has 3 N–H and O–H groups in total. The Balaban J connectivity index is 3.80. The second-order valence-electron chi connectivity index (χ2n) is 10.8. The number of phosphoric acid groups is 1. The molecule has 0 saturated heterocycles. The van der Waals surface area contributed by atoms with Crippen molar-refractivity contribution in [3.05, 3.63) is 0 Å². The molecule has 7 nitrogen and oxygen atoms in total. The fourth-order valence-corrected chi connectivity index (χ4v) is 4.92. The average Bonchev–Trinajstić information content (AvgIpc) is 2.76. The average molecular weight is 511 g/mol. The first-order valence-corrected chi connectivity index (χ1v) is 15.4. The summed E-state index contributed by atoms with van der Waals surface area (Å²) in [6.45, 7) is 2.39. The maximum atomic E-state index is 12.2. The fraction of sp³-hybridized carbons (Fsp3) is 1.00. The van der Waals surface area contributed by atoms with E-state index < -0.39 is 26.6 Å². The van der Waals surface area contributed by atoms with E-state index in [2.05, 4.69) is 6.92 Å². The quantitative estimate of drug-likeness (QED) is 0.0769. The lowest BCUT2D eigenvalue weighted by atomic mass is 10.0. The minimum Gasteiger partial charge on any atom is -0.394 e. The molecule has 0 saturated carbocycles. The van der Waals surface area contributed by atoms with E-state index >= 15 is 0 Å². The number of aliphatic hydroxyl groups excluding tert-OH is 2. The van der Waals surface area contributed by atoms with E-state index in [-0.39, 0.29) is 6.61 Å². The summed E-state index contributed by atoms with van der Waals surface area (Å²) in [4.78, 5) is 9.97. The van der Waals surface area contributed by atoms with E-state index in [0.717, 1.165) is 19.3 Å². The summed E-state index contributed by atoms with van der Waals surface area (Å²) in [6, 6.07) is 0. The molecule has 3 atom stereocenters. The van der Waals surface area contributed by atoms with Gasteiger partial charge in [0.25, 0.3) is 0 Å². The van der Waals surface area contributed by atoms with Crippen molar-refractivity contribution in [2.45, 2.75) is 128 Å². The number of unbranched alkanes of at least 4 members (excludes halogenated alkanes) is 15. The maximum absolute atomic E-state index is 12.2. The van der Waals surface area contributed by atoms with E-state index in [1.807, 2.05) is 21.1 Å². The van der Waals surface area contributed by atoms with E-state index in [1.54, 1.807) is 0 Å². The molecule has 2 unspecified atom stereocenters. The van der Waals surface area contributed by atoms with Crippen LogP contribution >= 0.6 is 7.82 Å². The highest BCUT2D eigenvalue weighted by Crippen LogP contribution is 2.45. The van der Waals surface area contributed by atoms with Crippen LogP contribution in [0.4, 0.5) is 0 Å². The van der Waals surface area contributed by atoms with Gasteiger partial charge in [-0.1, -0.05) is 110 Å². The van der Waals surface area contributed by atoms with Crippen LogP contribution in [0.25, 0.3) is 0 Å². The fourth-order valence-electron chi connectivity index (χ4n) is 3.96. The van der Waals surface area contributed by atoms with Crippen LogP contribution in [-0.4, -0.2) is 72.7 Å². The van der Waals surface area contributed by atoms with Gasteiger partial charge in [0.1, 0.15) is 19.3 Å². The van der Waals surface area contributed by atoms with Crippen molar-refractivity contribution >= 4 is 7.82 Å². The van der Waals surface area contributed by atoms with E-state index in [0.29, 0.717) is 17.4 Å². The van der Waals surface area contributed by atoms with Crippen LogP contribution in [0.2, 0.25) is 0 Å². The topological polar surface area (TPSA) is 96.2 Å². The van der Waals surface area contributed by atoms with E-state index in [9.17, 15) is 19.7 Å². The number of hydrogen-bond acceptors (Lipinski definition) is 5. The lowest BCUT2D eigenvalue weighted by Crippen LogP contribution is -2.37. The second kappa shape index (κ2) is 21.1. The lowest BCUT2D eigenvalue weighted by molar-refractivity contribution is -0.870. The van der Waals surface area contributed by atoms with Crippen molar-refractivity contribution in [1.29, 1.82) is 0 Å². The Labute approximate surface area is 210 Å². The van der Waals surface area contributed by atoms with Crippen LogP contribution in [0.1, 0.15) is 116 Å². The molecule has 0 spiro atoms. The van der Waals surface area contributed by atoms with Gasteiger partial charge in [-0.25, -0.2) is 4.57 Å². The molecule has 0 aliphatic rings. The van der Waals surface area contributed by atoms with Gasteiger partial charge in [0.2, 0.25) is 0 Å². The summed E-state index contributed by atoms with van der Waals surface area (Å²) in [5.41, 5.74) is 0. The van der Waals surface area contributed by atoms with Gasteiger partial charge >= 0.3 is 7.82 Å². The summed E-state index contributed by atoms with van der Waals surface area (Å²) >= 11 is 0. The standard InChI is InChI=1S/C26H56NO6P/c1-5-6-7-8-9-10-11-12-13-14-15-16-17-18-19-20-21-26(25(29)24-28)33-34(30,31)32-23-22-27(2,3)4/h25-26,28-29H,5-24H2,1-4H3/p+1/t25-,26?/m0/s1. The number of nitrogens with zero attached hydrogens (tertiary/aromatic N) is 1. The predicted molar refractivity (Wildman–Crippen MR) is 141 cm³/mol. The molecule has 0 rings (SSSR count). The molecule has 0 heterocycles. The number of hydrogen-bond donors (Lipinski definition) is 3. The summed E-state index contributed by atoms with van der Waals surface area (Å²) < 4.78 is 23.1. The number of rotatable bonds is 25. The molecule has 34 heavy (non-hydrogen) atoms. The predicted octanol–water partition coefficient (Wildman–Crippen LogP) is 6.20. The number of phosphoric ester groups is 1. The molecule has 8 heteroatoms. The molecule has 0 aromatic rings. The third-order valence-electron chi connectivity index (χ3n) is 6.24. The van der Waals surface area contributed by atoms with Gasteiger partial charge < -0.3 is 19.6 Å². The smallest absolute Gasteiger partial charge is 0.394 e. The zero-order chi connectivity index (χ0) is 25.7. The van der Waals surface area contributed by atoms with Gasteiger partial charge in [-0.15, -0.1) is 0 Å². The van der Waals surface area contributed by atoms with Crippen molar-refractivity contribution < 1.29 is 33.2 Å². The maximum Gasteiger partial charge on any atom is 0.472 e. The van der Waals surface area contributed by atoms with Crippen molar-refractivity contribution in [3.8, 4) is 0 Å². The third kappa shape index (κ3) is 22.5. The van der Waals surface area contributed by atoms with Crippen LogP contribution in [0.3, 0.4) is 0 Å². The van der Waals surface area contributed by atoms with Gasteiger partial charge in [-0.05, 0) is 6.42 Å². The van der Waals surface area contributed by atoms with Crippen LogP contribution < -0.4 is 0 Å². The highest BCUT2D eigenvalue weighted by atomic mass is 31.2. The SMILES string of the molecule is CCCCCCCCCCCCCCCCCCC(OP(=O)(O)OCC[N+](C)(C)C)[C@@H](O)CO. The Bertz CT molecular complexity index is 500. The van der Waals surface area contributed by atoms with Crippen molar-refractivity contribution in [2.75, 3.05) is 40.9 Å². The summed E-state index contributed by atoms with van der Waals surface area (Å²) in [6.07, 6.45) is 18.7. The molecule has 0 aliphatic carbocycles. The van der Waals surface area contributed by atoms with Crippen molar-refractivity contribution in [1.82, 2.24) is 0 Å². The zero-order valence-electron chi connectivity index (χ0n) is 22.8. The summed E-state index contributed by atoms with van der Waals surface area (Å²) in [5.74, 6) is 0. The Morgan fingerprint density at radius 1 is 0.765 bits per heavy atom. The Hall–Kier alpha value is -0.0100.